The maximum absolute atomic E-state index is 5.23. The lowest BCUT2D eigenvalue weighted by Gasteiger charge is -1.83. The van der Waals surface area contributed by atoms with Crippen molar-refractivity contribution in [1.29, 1.82) is 0 Å². The summed E-state index contributed by atoms with van der Waals surface area (Å²) < 4.78 is 5.23. The van der Waals surface area contributed by atoms with Gasteiger partial charge in [0.2, 0.25) is 0 Å². The molecule has 0 spiro atoms. The van der Waals surface area contributed by atoms with Crippen LogP contribution in [-0.4, -0.2) is 11.2 Å². The lowest BCUT2D eigenvalue weighted by molar-refractivity contribution is 0.420. The molecule has 0 unspecified atom stereocenters. The molecule has 0 radical (unpaired) electrons. The average molecular weight is 143 g/mol. The molecule has 0 aliphatic carbocycles. The zero-order valence-corrected chi connectivity index (χ0v) is 6.36. The molecule has 0 saturated heterocycles. The first-order valence-electron chi connectivity index (χ1n) is 2.85. The van der Waals surface area contributed by atoms with Crippen molar-refractivity contribution in [2.75, 3.05) is 6.26 Å². The van der Waals surface area contributed by atoms with Crippen LogP contribution in [0.4, 0.5) is 0 Å². The van der Waals surface area contributed by atoms with E-state index in [-0.39, 0.29) is 0 Å². The Bertz CT molecular complexity index is 166. The van der Waals surface area contributed by atoms with Crippen molar-refractivity contribution in [2.45, 2.75) is 18.6 Å². The Balaban J connectivity index is 2.74. The molecule has 0 aliphatic rings. The molecule has 1 aromatic heterocycles. The molecule has 1 rings (SSSR count). The monoisotopic (exact) mass is 143 g/mol. The Labute approximate surface area is 58.7 Å². The van der Waals surface area contributed by atoms with E-state index >= 15 is 0 Å². The fraction of sp³-hybridized carbons (Fsp3) is 0.500. The lowest BCUT2D eigenvalue weighted by Crippen LogP contribution is -1.67. The third-order valence-corrected chi connectivity index (χ3v) is 1.59. The van der Waals surface area contributed by atoms with Gasteiger partial charge in [0.1, 0.15) is 5.76 Å². The zero-order valence-electron chi connectivity index (χ0n) is 5.55. The van der Waals surface area contributed by atoms with Gasteiger partial charge >= 0.3 is 0 Å². The van der Waals surface area contributed by atoms with Gasteiger partial charge in [-0.15, -0.1) is 0 Å². The van der Waals surface area contributed by atoms with Gasteiger partial charge < -0.3 is 4.42 Å². The van der Waals surface area contributed by atoms with Crippen molar-refractivity contribution in [2.24, 2.45) is 0 Å². The molecule has 0 atom stereocenters. The summed E-state index contributed by atoms with van der Waals surface area (Å²) in [6.45, 7) is 2.05. The molecule has 0 saturated carbocycles. The minimum atomic E-state index is 0.756. The second kappa shape index (κ2) is 2.92. The number of aryl methyl sites for hydroxylation is 1. The minimum absolute atomic E-state index is 0.756. The molecule has 0 bridgehead atoms. The maximum Gasteiger partial charge on any atom is 0.255 e. The third-order valence-electron chi connectivity index (χ3n) is 1.06. The van der Waals surface area contributed by atoms with E-state index in [0.29, 0.717) is 0 Å². The summed E-state index contributed by atoms with van der Waals surface area (Å²) in [4.78, 5) is 4.00. The second-order valence-corrected chi connectivity index (χ2v) is 2.41. The van der Waals surface area contributed by atoms with Crippen molar-refractivity contribution >= 4 is 11.8 Å². The molecular weight excluding hydrogens is 134 g/mol. The first-order valence-corrected chi connectivity index (χ1v) is 4.08. The molecule has 0 aliphatic heterocycles. The van der Waals surface area contributed by atoms with Gasteiger partial charge in [-0.05, 0) is 6.26 Å². The van der Waals surface area contributed by atoms with E-state index in [1.807, 2.05) is 13.2 Å². The summed E-state index contributed by atoms with van der Waals surface area (Å²) in [6.07, 6.45) is 4.64. The molecule has 0 aromatic carbocycles. The summed E-state index contributed by atoms with van der Waals surface area (Å²) in [5, 5.41) is 0.756. The second-order valence-electron chi connectivity index (χ2n) is 1.65. The smallest absolute Gasteiger partial charge is 0.255 e. The van der Waals surface area contributed by atoms with Crippen LogP contribution in [0.2, 0.25) is 0 Å². The summed E-state index contributed by atoms with van der Waals surface area (Å²) in [7, 11) is 0. The van der Waals surface area contributed by atoms with E-state index < -0.39 is 0 Å². The molecule has 1 heterocycles. The quantitative estimate of drug-likeness (QED) is 0.592. The molecule has 0 amide bonds. The molecule has 50 valence electrons. The Morgan fingerprint density at radius 1 is 1.78 bits per heavy atom. The molecule has 3 heteroatoms. The van der Waals surface area contributed by atoms with Crippen LogP contribution < -0.4 is 0 Å². The van der Waals surface area contributed by atoms with Crippen LogP contribution >= 0.6 is 11.8 Å². The van der Waals surface area contributed by atoms with Gasteiger partial charge in [0.15, 0.2) is 0 Å². The summed E-state index contributed by atoms with van der Waals surface area (Å²) in [6, 6.07) is 0. The van der Waals surface area contributed by atoms with Gasteiger partial charge in [0.25, 0.3) is 5.22 Å². The fourth-order valence-corrected chi connectivity index (χ4v) is 0.896. The van der Waals surface area contributed by atoms with Gasteiger partial charge in [-0.2, -0.15) is 0 Å². The van der Waals surface area contributed by atoms with Crippen molar-refractivity contribution in [3.63, 3.8) is 0 Å². The molecule has 9 heavy (non-hydrogen) atoms. The zero-order chi connectivity index (χ0) is 6.69. The van der Waals surface area contributed by atoms with Gasteiger partial charge in [-0.3, -0.25) is 0 Å². The first kappa shape index (κ1) is 6.68. The predicted octanol–water partition coefficient (Wildman–Crippen LogP) is 1.96. The van der Waals surface area contributed by atoms with E-state index in [2.05, 4.69) is 4.98 Å². The number of nitrogens with zero attached hydrogens (tertiary/aromatic N) is 1. The molecule has 2 nitrogen and oxygen atoms in total. The van der Waals surface area contributed by atoms with Crippen LogP contribution in [-0.2, 0) is 6.42 Å². The van der Waals surface area contributed by atoms with Crippen LogP contribution in [0, 0.1) is 0 Å². The highest BCUT2D eigenvalue weighted by Gasteiger charge is 1.97. The first-order chi connectivity index (χ1) is 4.36. The van der Waals surface area contributed by atoms with Gasteiger partial charge in [0, 0.05) is 6.42 Å². The van der Waals surface area contributed by atoms with Crippen LogP contribution in [0.1, 0.15) is 12.7 Å². The Morgan fingerprint density at radius 2 is 2.56 bits per heavy atom. The summed E-state index contributed by atoms with van der Waals surface area (Å²) in [5.41, 5.74) is 0. The fourth-order valence-electron chi connectivity index (χ4n) is 0.547. The van der Waals surface area contributed by atoms with Crippen LogP contribution in [0.15, 0.2) is 15.8 Å². The van der Waals surface area contributed by atoms with E-state index in [0.717, 1.165) is 17.4 Å². The minimum Gasteiger partial charge on any atom is -0.437 e. The number of aromatic nitrogens is 1. The van der Waals surface area contributed by atoms with Crippen molar-refractivity contribution in [3.8, 4) is 0 Å². The summed E-state index contributed by atoms with van der Waals surface area (Å²) >= 11 is 1.53. The van der Waals surface area contributed by atoms with Crippen LogP contribution in [0.3, 0.4) is 0 Å². The molecule has 0 N–H and O–H groups in total. The Hall–Kier alpha value is -0.440. The van der Waals surface area contributed by atoms with Crippen LogP contribution in [0.25, 0.3) is 0 Å². The van der Waals surface area contributed by atoms with E-state index in [9.17, 15) is 0 Å². The molecular formula is C6H9NOS. The number of oxazole rings is 1. The van der Waals surface area contributed by atoms with Crippen molar-refractivity contribution in [1.82, 2.24) is 4.98 Å². The average Bonchev–Trinajstić information content (AvgIpc) is 2.34. The largest absolute Gasteiger partial charge is 0.437 e. The van der Waals surface area contributed by atoms with E-state index in [1.54, 1.807) is 6.20 Å². The van der Waals surface area contributed by atoms with Crippen molar-refractivity contribution in [3.05, 3.63) is 12.0 Å². The lowest BCUT2D eigenvalue weighted by atomic mass is 10.4. The topological polar surface area (TPSA) is 26.0 Å². The number of rotatable bonds is 2. The van der Waals surface area contributed by atoms with Gasteiger partial charge in [-0.25, -0.2) is 4.98 Å². The highest BCUT2D eigenvalue weighted by atomic mass is 32.2. The van der Waals surface area contributed by atoms with Gasteiger partial charge in [0.05, 0.1) is 6.20 Å². The third kappa shape index (κ3) is 1.48. The maximum atomic E-state index is 5.23. The Morgan fingerprint density at radius 3 is 2.89 bits per heavy atom. The molecule has 1 aromatic rings. The SMILES string of the molecule is CCc1cnc(SC)o1. The van der Waals surface area contributed by atoms with E-state index in [1.165, 1.54) is 11.8 Å². The predicted molar refractivity (Wildman–Crippen MR) is 37.7 cm³/mol. The van der Waals surface area contributed by atoms with Gasteiger partial charge in [-0.1, -0.05) is 18.7 Å². The number of hydrogen-bond acceptors (Lipinski definition) is 3. The Kier molecular flexibility index (Phi) is 2.16. The van der Waals surface area contributed by atoms with Crippen LogP contribution in [0.5, 0.6) is 0 Å². The standard InChI is InChI=1S/C6H9NOS/c1-3-5-4-7-6(8-5)9-2/h4H,3H2,1-2H3. The molecule has 0 fully saturated rings. The number of thioether (sulfide) groups is 1. The normalized spacial score (nSPS) is 10.0. The highest BCUT2D eigenvalue weighted by Crippen LogP contribution is 2.13. The number of hydrogen-bond donors (Lipinski definition) is 0. The summed E-state index contributed by atoms with van der Waals surface area (Å²) in [5.74, 6) is 0.958. The highest BCUT2D eigenvalue weighted by molar-refractivity contribution is 7.98. The van der Waals surface area contributed by atoms with E-state index in [4.69, 9.17) is 4.42 Å². The van der Waals surface area contributed by atoms with Crippen molar-refractivity contribution < 1.29 is 4.42 Å².